The molecule has 1 unspecified atom stereocenters. The maximum Gasteiger partial charge on any atom is 0.136 e. The van der Waals surface area contributed by atoms with Crippen LogP contribution in [0.2, 0.25) is 0 Å². The number of carbonyl (C=O) groups excluding carboxylic acids is 1. The summed E-state index contributed by atoms with van der Waals surface area (Å²) in [5.41, 5.74) is 1.72. The molecule has 1 N–H and O–H groups in total. The fourth-order valence-corrected chi connectivity index (χ4v) is 9.12. The Bertz CT molecular complexity index is 638. The lowest BCUT2D eigenvalue weighted by Crippen LogP contribution is -2.57. The maximum atomic E-state index is 12.7. The van der Waals surface area contributed by atoms with Crippen molar-refractivity contribution < 1.29 is 9.90 Å². The first-order chi connectivity index (χ1) is 13.8. The molecule has 4 fully saturated rings. The van der Waals surface area contributed by atoms with Gasteiger partial charge in [-0.2, -0.15) is 0 Å². The normalized spacial score (nSPS) is 45.2. The van der Waals surface area contributed by atoms with Crippen LogP contribution in [0.25, 0.3) is 0 Å². The van der Waals surface area contributed by atoms with E-state index in [4.69, 9.17) is 0 Å². The topological polar surface area (TPSA) is 37.3 Å². The van der Waals surface area contributed by atoms with Crippen LogP contribution in [0.5, 0.6) is 0 Å². The number of allylic oxidation sites excluding steroid dienone is 1. The summed E-state index contributed by atoms with van der Waals surface area (Å²) < 4.78 is 0. The Balaban J connectivity index is 1.51. The summed E-state index contributed by atoms with van der Waals surface area (Å²) in [5.74, 6) is 4.44. The molecule has 0 heterocycles. The molecule has 0 aromatic carbocycles. The van der Waals surface area contributed by atoms with Crippen molar-refractivity contribution >= 4 is 5.78 Å². The summed E-state index contributed by atoms with van der Waals surface area (Å²) in [6.45, 7) is 11.6. The van der Waals surface area contributed by atoms with E-state index >= 15 is 0 Å². The summed E-state index contributed by atoms with van der Waals surface area (Å²) in [6.07, 6.45) is 14.3. The molecule has 2 nitrogen and oxygen atoms in total. The Hall–Kier alpha value is -0.630. The van der Waals surface area contributed by atoms with Crippen molar-refractivity contribution in [1.29, 1.82) is 0 Å². The van der Waals surface area contributed by atoms with Gasteiger partial charge in [-0.1, -0.05) is 25.8 Å². The SMILES string of the molecule is C=C(C)CCC[C@@H](C)[C@H]1CC[C@H]2[C@@H]3CCC4C(=O)CCC[C@]4(CO)[C@H]3CC[C@]12C. The molecular weight excluding hydrogens is 356 g/mol. The Morgan fingerprint density at radius 1 is 1.17 bits per heavy atom. The molecule has 8 atom stereocenters. The second-order valence-electron chi connectivity index (χ2n) is 11.8. The molecule has 0 aromatic rings. The van der Waals surface area contributed by atoms with Gasteiger partial charge in [0.2, 0.25) is 0 Å². The van der Waals surface area contributed by atoms with Crippen molar-refractivity contribution in [3.63, 3.8) is 0 Å². The highest BCUT2D eigenvalue weighted by Crippen LogP contribution is 2.68. The number of hydrogen-bond donors (Lipinski definition) is 1. The van der Waals surface area contributed by atoms with E-state index in [1.54, 1.807) is 0 Å². The first kappa shape index (κ1) is 21.6. The number of carbonyl (C=O) groups is 1. The lowest BCUT2D eigenvalue weighted by Gasteiger charge is -2.60. The summed E-state index contributed by atoms with van der Waals surface area (Å²) in [6, 6.07) is 0. The van der Waals surface area contributed by atoms with Gasteiger partial charge in [0.15, 0.2) is 0 Å². The summed E-state index contributed by atoms with van der Waals surface area (Å²) in [4.78, 5) is 12.7. The van der Waals surface area contributed by atoms with Crippen molar-refractivity contribution in [3.8, 4) is 0 Å². The van der Waals surface area contributed by atoms with Crippen molar-refractivity contribution in [3.05, 3.63) is 12.2 Å². The monoisotopic (exact) mass is 400 g/mol. The molecule has 29 heavy (non-hydrogen) atoms. The number of fused-ring (bicyclic) bond motifs is 5. The molecule has 0 saturated heterocycles. The van der Waals surface area contributed by atoms with Gasteiger partial charge in [0.05, 0.1) is 0 Å². The Morgan fingerprint density at radius 2 is 1.97 bits per heavy atom. The maximum absolute atomic E-state index is 12.7. The summed E-state index contributed by atoms with van der Waals surface area (Å²) in [7, 11) is 0. The molecular formula is C27H44O2. The fraction of sp³-hybridized carbons (Fsp3) is 0.889. The third-order valence-corrected chi connectivity index (χ3v) is 10.4. The summed E-state index contributed by atoms with van der Waals surface area (Å²) in [5, 5.41) is 10.6. The fourth-order valence-electron chi connectivity index (χ4n) is 9.12. The predicted octanol–water partition coefficient (Wildman–Crippen LogP) is 6.57. The molecule has 4 saturated carbocycles. The van der Waals surface area contributed by atoms with E-state index in [0.717, 1.165) is 49.4 Å². The van der Waals surface area contributed by atoms with Crippen LogP contribution in [0.4, 0.5) is 0 Å². The minimum absolute atomic E-state index is 0.0786. The van der Waals surface area contributed by atoms with Crippen LogP contribution in [-0.4, -0.2) is 17.5 Å². The van der Waals surface area contributed by atoms with Crippen LogP contribution in [-0.2, 0) is 4.79 Å². The first-order valence-electron chi connectivity index (χ1n) is 12.6. The number of Topliss-reactive ketones (excluding diaryl/α,β-unsaturated/α-hetero) is 1. The van der Waals surface area contributed by atoms with E-state index in [1.807, 2.05) is 0 Å². The minimum atomic E-state index is -0.0786. The number of hydrogen-bond acceptors (Lipinski definition) is 2. The lowest BCUT2D eigenvalue weighted by molar-refractivity contribution is -0.161. The van der Waals surface area contributed by atoms with Crippen molar-refractivity contribution in [2.24, 2.45) is 46.3 Å². The number of aliphatic hydroxyl groups excluding tert-OH is 1. The van der Waals surface area contributed by atoms with Gasteiger partial charge in [-0.05, 0) is 106 Å². The van der Waals surface area contributed by atoms with E-state index in [9.17, 15) is 9.90 Å². The van der Waals surface area contributed by atoms with Crippen LogP contribution in [0, 0.1) is 46.3 Å². The zero-order valence-electron chi connectivity index (χ0n) is 19.2. The first-order valence-corrected chi connectivity index (χ1v) is 12.6. The highest BCUT2D eigenvalue weighted by Gasteiger charge is 2.62. The van der Waals surface area contributed by atoms with E-state index in [1.165, 1.54) is 56.9 Å². The van der Waals surface area contributed by atoms with Gasteiger partial charge >= 0.3 is 0 Å². The zero-order valence-corrected chi connectivity index (χ0v) is 19.2. The van der Waals surface area contributed by atoms with Gasteiger partial charge in [-0.25, -0.2) is 0 Å². The zero-order chi connectivity index (χ0) is 20.8. The van der Waals surface area contributed by atoms with E-state index in [-0.39, 0.29) is 17.9 Å². The molecule has 4 aliphatic carbocycles. The van der Waals surface area contributed by atoms with Gasteiger partial charge in [-0.15, -0.1) is 6.58 Å². The smallest absolute Gasteiger partial charge is 0.136 e. The van der Waals surface area contributed by atoms with Gasteiger partial charge in [0, 0.05) is 24.4 Å². The molecule has 164 valence electrons. The average Bonchev–Trinajstić information content (AvgIpc) is 3.05. The molecule has 0 bridgehead atoms. The van der Waals surface area contributed by atoms with Crippen molar-refractivity contribution in [1.82, 2.24) is 0 Å². The van der Waals surface area contributed by atoms with Crippen molar-refractivity contribution in [2.75, 3.05) is 6.61 Å². The van der Waals surface area contributed by atoms with Gasteiger partial charge < -0.3 is 5.11 Å². The number of rotatable bonds is 6. The van der Waals surface area contributed by atoms with Crippen LogP contribution in [0.15, 0.2) is 12.2 Å². The van der Waals surface area contributed by atoms with E-state index in [2.05, 4.69) is 27.4 Å². The van der Waals surface area contributed by atoms with Gasteiger partial charge in [0.1, 0.15) is 5.78 Å². The van der Waals surface area contributed by atoms with E-state index in [0.29, 0.717) is 17.1 Å². The van der Waals surface area contributed by atoms with Crippen molar-refractivity contribution in [2.45, 2.75) is 97.8 Å². The Morgan fingerprint density at radius 3 is 2.69 bits per heavy atom. The number of aliphatic hydroxyl groups is 1. The minimum Gasteiger partial charge on any atom is -0.396 e. The largest absolute Gasteiger partial charge is 0.396 e. The van der Waals surface area contributed by atoms with Crippen LogP contribution in [0.3, 0.4) is 0 Å². The molecule has 4 rings (SSSR count). The van der Waals surface area contributed by atoms with E-state index < -0.39 is 0 Å². The quantitative estimate of drug-likeness (QED) is 0.512. The van der Waals surface area contributed by atoms with Crippen LogP contribution < -0.4 is 0 Å². The van der Waals surface area contributed by atoms with Gasteiger partial charge in [0.25, 0.3) is 0 Å². The van der Waals surface area contributed by atoms with Gasteiger partial charge in [-0.3, -0.25) is 4.79 Å². The molecule has 4 aliphatic rings. The number of ketones is 1. The lowest BCUT2D eigenvalue weighted by atomic mass is 9.44. The second kappa shape index (κ2) is 8.13. The van der Waals surface area contributed by atoms with Crippen LogP contribution >= 0.6 is 0 Å². The molecule has 0 aliphatic heterocycles. The Kier molecular flexibility index (Phi) is 6.06. The highest BCUT2D eigenvalue weighted by molar-refractivity contribution is 5.83. The predicted molar refractivity (Wildman–Crippen MR) is 119 cm³/mol. The molecule has 0 spiro atoms. The van der Waals surface area contributed by atoms with Crippen LogP contribution in [0.1, 0.15) is 97.8 Å². The third-order valence-electron chi connectivity index (χ3n) is 10.4. The molecule has 2 heteroatoms. The second-order valence-corrected chi connectivity index (χ2v) is 11.8. The molecule has 0 amide bonds. The Labute approximate surface area is 178 Å². The molecule has 0 aromatic heterocycles. The highest BCUT2D eigenvalue weighted by atomic mass is 16.3. The standard InChI is InChI=1S/C27H44O2/c1-18(2)7-5-8-19(3)21-12-13-22-20-10-11-24-25(29)9-6-15-27(24,17-28)23(20)14-16-26(21,22)4/h19-24,28H,1,5-17H2,2-4H3/t19-,20+,21-,22+,23+,24?,26-,27+/m1/s1. The average molecular weight is 401 g/mol. The summed E-state index contributed by atoms with van der Waals surface area (Å²) >= 11 is 0. The third kappa shape index (κ3) is 3.46. The molecule has 0 radical (unpaired) electrons.